The monoisotopic (exact) mass is 549 g/mol. The highest BCUT2D eigenvalue weighted by molar-refractivity contribution is 7.91. The van der Waals surface area contributed by atoms with E-state index in [1.807, 2.05) is 38.1 Å². The van der Waals surface area contributed by atoms with E-state index in [1.165, 1.54) is 35.0 Å². The smallest absolute Gasteiger partial charge is 0.277 e. The predicted octanol–water partition coefficient (Wildman–Crippen LogP) is 4.75. The molecule has 39 heavy (non-hydrogen) atoms. The maximum absolute atomic E-state index is 13.9. The highest BCUT2D eigenvalue weighted by Crippen LogP contribution is 2.36. The van der Waals surface area contributed by atoms with Gasteiger partial charge in [-0.25, -0.2) is 13.4 Å². The molecule has 0 fully saturated rings. The Morgan fingerprint density at radius 2 is 1.85 bits per heavy atom. The lowest BCUT2D eigenvalue weighted by molar-refractivity contribution is 0.0574. The summed E-state index contributed by atoms with van der Waals surface area (Å²) in [6.07, 6.45) is 2.46. The van der Waals surface area contributed by atoms with Crippen LogP contribution in [0.1, 0.15) is 48.8 Å². The van der Waals surface area contributed by atoms with Crippen molar-refractivity contribution in [1.82, 2.24) is 14.5 Å². The third-order valence-corrected chi connectivity index (χ3v) is 8.76. The number of halogens is 1. The van der Waals surface area contributed by atoms with Crippen LogP contribution < -0.4 is 5.56 Å². The number of sulfone groups is 1. The average Bonchev–Trinajstić information content (AvgIpc) is 3.32. The molecule has 0 saturated carbocycles. The van der Waals surface area contributed by atoms with Gasteiger partial charge in [-0.1, -0.05) is 36.4 Å². The third-order valence-electron chi connectivity index (χ3n) is 6.97. The first-order valence-corrected chi connectivity index (χ1v) is 14.1. The van der Waals surface area contributed by atoms with E-state index in [0.29, 0.717) is 23.1 Å². The summed E-state index contributed by atoms with van der Waals surface area (Å²) in [6.45, 7) is 5.17. The van der Waals surface area contributed by atoms with Gasteiger partial charge >= 0.3 is 0 Å². The number of aromatic nitrogens is 3. The minimum Gasteiger partial charge on any atom is -0.492 e. The lowest BCUT2D eigenvalue weighted by Gasteiger charge is -2.21. The molecule has 10 heteroatoms. The minimum absolute atomic E-state index is 0.0734. The molecule has 0 bridgehead atoms. The van der Waals surface area contributed by atoms with Crippen LogP contribution in [-0.4, -0.2) is 34.2 Å². The molecule has 0 saturated heterocycles. The zero-order chi connectivity index (χ0) is 27.9. The van der Waals surface area contributed by atoms with Crippen LogP contribution in [-0.2, 0) is 27.6 Å². The fourth-order valence-electron chi connectivity index (χ4n) is 5.01. The Balaban J connectivity index is 1.62. The van der Waals surface area contributed by atoms with Gasteiger partial charge < -0.3 is 9.84 Å². The minimum atomic E-state index is -4.47. The Hall–Kier alpha value is -3.89. The molecule has 2 heterocycles. The van der Waals surface area contributed by atoms with E-state index in [1.54, 1.807) is 13.0 Å². The molecule has 0 amide bonds. The number of hydrogen-bond acceptors (Lipinski definition) is 7. The van der Waals surface area contributed by atoms with E-state index in [9.17, 15) is 22.7 Å². The molecule has 1 atom stereocenters. The molecule has 202 valence electrons. The number of aromatic hydroxyl groups is 1. The number of rotatable bonds is 7. The Morgan fingerprint density at radius 3 is 2.56 bits per heavy atom. The molecule has 2 aromatic heterocycles. The number of ether oxygens (including phenoxy) is 1. The van der Waals surface area contributed by atoms with Gasteiger partial charge in [-0.2, -0.15) is 9.37 Å². The van der Waals surface area contributed by atoms with E-state index < -0.39 is 38.2 Å². The van der Waals surface area contributed by atoms with Gasteiger partial charge in [0.25, 0.3) is 5.56 Å². The normalized spacial score (nSPS) is 15.1. The number of nitrogens with zero attached hydrogens (tertiary/aromatic N) is 3. The van der Waals surface area contributed by atoms with Crippen molar-refractivity contribution in [3.8, 4) is 17.0 Å². The van der Waals surface area contributed by atoms with Crippen LogP contribution in [0.15, 0.2) is 75.4 Å². The summed E-state index contributed by atoms with van der Waals surface area (Å²) in [5.74, 6) is -1.34. The van der Waals surface area contributed by atoms with E-state index in [-0.39, 0.29) is 23.4 Å². The summed E-state index contributed by atoms with van der Waals surface area (Å²) < 4.78 is 48.4. The summed E-state index contributed by atoms with van der Waals surface area (Å²) in [4.78, 5) is 20.7. The molecule has 0 radical (unpaired) electrons. The van der Waals surface area contributed by atoms with E-state index >= 15 is 0 Å². The van der Waals surface area contributed by atoms with Gasteiger partial charge in [-0.3, -0.25) is 9.36 Å². The van der Waals surface area contributed by atoms with Crippen LogP contribution in [0.4, 0.5) is 4.39 Å². The van der Waals surface area contributed by atoms with Crippen molar-refractivity contribution in [1.29, 1.82) is 0 Å². The molecular formula is C29H28FN3O5S. The first-order chi connectivity index (χ1) is 18.6. The number of hydrogen-bond donors (Lipinski definition) is 1. The van der Waals surface area contributed by atoms with Gasteiger partial charge in [-0.15, -0.1) is 0 Å². The number of aryl methyl sites for hydroxylation is 1. The molecular weight excluding hydrogens is 521 g/mol. The summed E-state index contributed by atoms with van der Waals surface area (Å²) >= 11 is 0. The summed E-state index contributed by atoms with van der Waals surface area (Å²) in [5.41, 5.74) is 2.59. The van der Waals surface area contributed by atoms with Crippen LogP contribution in [0.25, 0.3) is 11.1 Å². The summed E-state index contributed by atoms with van der Waals surface area (Å²) in [6, 6.07) is 14.6. The van der Waals surface area contributed by atoms with Crippen molar-refractivity contribution in [3.05, 3.63) is 99.6 Å². The van der Waals surface area contributed by atoms with Crippen LogP contribution in [0.5, 0.6) is 5.88 Å². The van der Waals surface area contributed by atoms with Crippen LogP contribution >= 0.6 is 0 Å². The molecule has 1 N–H and O–H groups in total. The molecule has 2 aromatic carbocycles. The Kier molecular flexibility index (Phi) is 7.09. The van der Waals surface area contributed by atoms with Crippen LogP contribution in [0.2, 0.25) is 0 Å². The van der Waals surface area contributed by atoms with Crippen molar-refractivity contribution in [3.63, 3.8) is 0 Å². The Labute approximate surface area is 225 Å². The van der Waals surface area contributed by atoms with Crippen molar-refractivity contribution in [2.45, 2.75) is 62.2 Å². The fourth-order valence-corrected chi connectivity index (χ4v) is 6.35. The quantitative estimate of drug-likeness (QED) is 0.331. The largest absolute Gasteiger partial charge is 0.492 e. The maximum atomic E-state index is 13.9. The number of benzene rings is 2. The van der Waals surface area contributed by atoms with Gasteiger partial charge in [-0.05, 0) is 74.1 Å². The van der Waals surface area contributed by atoms with Gasteiger partial charge in [0, 0.05) is 11.8 Å². The van der Waals surface area contributed by atoms with Crippen molar-refractivity contribution < 1.29 is 22.7 Å². The lowest BCUT2D eigenvalue weighted by Crippen LogP contribution is -2.33. The van der Waals surface area contributed by atoms with Gasteiger partial charge in [0.1, 0.15) is 12.4 Å². The highest BCUT2D eigenvalue weighted by Gasteiger charge is 2.34. The standard InChI is InChI=1S/C29H28FN3O5S/c1-17(2)38-16-25-32-28(34)26(29(35)33(25)24-13-10-19-6-4-5-7-23(19)24)39(36,37)21-11-8-20(9-12-21)22-14-15-31-27(30)18(22)3/h4-9,11-12,14-15,17,24,34H,10,13,16H2,1-3H3/t24-/m0/s1. The lowest BCUT2D eigenvalue weighted by atomic mass is 10.0. The second kappa shape index (κ2) is 10.3. The second-order valence-electron chi connectivity index (χ2n) is 9.77. The number of fused-ring (bicyclic) bond motifs is 1. The van der Waals surface area contributed by atoms with Gasteiger partial charge in [0.15, 0.2) is 4.90 Å². The van der Waals surface area contributed by atoms with Crippen LogP contribution in [0.3, 0.4) is 0 Å². The first kappa shape index (κ1) is 26.7. The average molecular weight is 550 g/mol. The van der Waals surface area contributed by atoms with E-state index in [4.69, 9.17) is 4.74 Å². The van der Waals surface area contributed by atoms with Gasteiger partial charge in [0.05, 0.1) is 17.0 Å². The SMILES string of the molecule is Cc1c(-c2ccc(S(=O)(=O)c3c(O)nc(COC(C)C)n([C@H]4CCc5ccccc54)c3=O)cc2)ccnc1F. The second-order valence-corrected chi connectivity index (χ2v) is 11.7. The molecule has 1 aliphatic rings. The van der Waals surface area contributed by atoms with Crippen molar-refractivity contribution in [2.75, 3.05) is 0 Å². The van der Waals surface area contributed by atoms with Crippen molar-refractivity contribution >= 4 is 9.84 Å². The van der Waals surface area contributed by atoms with E-state index in [2.05, 4.69) is 9.97 Å². The van der Waals surface area contributed by atoms with E-state index in [0.717, 1.165) is 17.5 Å². The van der Waals surface area contributed by atoms with Gasteiger partial charge in [0.2, 0.25) is 21.7 Å². The Morgan fingerprint density at radius 1 is 1.13 bits per heavy atom. The predicted molar refractivity (Wildman–Crippen MR) is 143 cm³/mol. The summed E-state index contributed by atoms with van der Waals surface area (Å²) in [7, 11) is -4.47. The highest BCUT2D eigenvalue weighted by atomic mass is 32.2. The molecule has 5 rings (SSSR count). The molecule has 0 aliphatic heterocycles. The zero-order valence-corrected chi connectivity index (χ0v) is 22.6. The topological polar surface area (TPSA) is 111 Å². The summed E-state index contributed by atoms with van der Waals surface area (Å²) in [5, 5.41) is 10.8. The molecule has 1 aliphatic carbocycles. The molecule has 4 aromatic rings. The van der Waals surface area contributed by atoms with Crippen LogP contribution in [0, 0.1) is 12.9 Å². The molecule has 0 unspecified atom stereocenters. The molecule has 8 nitrogen and oxygen atoms in total. The maximum Gasteiger partial charge on any atom is 0.277 e. The number of pyridine rings is 1. The van der Waals surface area contributed by atoms with Crippen molar-refractivity contribution in [2.24, 2.45) is 0 Å². The fraction of sp³-hybridized carbons (Fsp3) is 0.276. The first-order valence-electron chi connectivity index (χ1n) is 12.6. The molecule has 0 spiro atoms. The zero-order valence-electron chi connectivity index (χ0n) is 21.8. The third kappa shape index (κ3) is 4.86. The Bertz CT molecular complexity index is 1720.